The van der Waals surface area contributed by atoms with E-state index in [0.717, 1.165) is 19.3 Å². The number of ether oxygens (including phenoxy) is 1. The number of hydrogen-bond donors (Lipinski definition) is 0. The Balaban J connectivity index is -0.0000000700. The standard InChI is InChI=1S/C18H22O2.6CO.2Co/c1-2-3-4-5-6-7-8-9-13-16-20-18(19)17-14-11-10-12-15-17;6*1-2;;/h5-6,10-12,14-15H,2-4,9,13,16H2,1H3;;;;;;;;/b6-5+;;;;;;;;. The van der Waals surface area contributed by atoms with Crippen molar-refractivity contribution in [2.24, 2.45) is 0 Å². The average molecular weight is 556 g/mol. The van der Waals surface area contributed by atoms with Gasteiger partial charge in [-0.3, -0.25) is 0 Å². The molecule has 0 heterocycles. The Morgan fingerprint density at radius 3 is 1.76 bits per heavy atom. The monoisotopic (exact) mass is 556 g/mol. The summed E-state index contributed by atoms with van der Waals surface area (Å²) in [5.41, 5.74) is 0.595. The summed E-state index contributed by atoms with van der Waals surface area (Å²) in [6.07, 6.45) is 9.06. The minimum absolute atomic E-state index is 0. The van der Waals surface area contributed by atoms with Crippen molar-refractivity contribution in [2.45, 2.75) is 39.0 Å². The van der Waals surface area contributed by atoms with E-state index in [1.807, 2.05) is 24.3 Å². The van der Waals surface area contributed by atoms with E-state index in [9.17, 15) is 4.79 Å². The van der Waals surface area contributed by atoms with Crippen molar-refractivity contribution < 1.29 is 71.0 Å². The van der Waals surface area contributed by atoms with Gasteiger partial charge in [0.1, 0.15) is 0 Å². The number of unbranched alkanes of at least 4 members (excludes halogenated alkanes) is 3. The molecule has 0 saturated carbocycles. The fourth-order valence-electron chi connectivity index (χ4n) is 1.58. The first-order valence-electron chi connectivity index (χ1n) is 8.42. The van der Waals surface area contributed by atoms with Crippen LogP contribution in [-0.2, 0) is 66.2 Å². The van der Waals surface area contributed by atoms with E-state index in [4.69, 9.17) is 32.6 Å². The zero-order chi connectivity index (χ0) is 26.5. The second-order valence-corrected chi connectivity index (χ2v) is 4.47. The minimum atomic E-state index is -0.266. The zero-order valence-electron chi connectivity index (χ0n) is 18.2. The summed E-state index contributed by atoms with van der Waals surface area (Å²) in [5, 5.41) is 0. The van der Waals surface area contributed by atoms with Crippen molar-refractivity contribution in [2.75, 3.05) is 6.61 Å². The third-order valence-electron chi connectivity index (χ3n) is 2.72. The molecule has 1 aromatic rings. The molecule has 0 bridgehead atoms. The Labute approximate surface area is 222 Å². The maximum atomic E-state index is 11.6. The Hall–Kier alpha value is -2.56. The van der Waals surface area contributed by atoms with Crippen LogP contribution in [0.1, 0.15) is 49.4 Å². The van der Waals surface area contributed by atoms with Crippen molar-refractivity contribution >= 4 is 5.97 Å². The van der Waals surface area contributed by atoms with Gasteiger partial charge >= 0.3 is 73.8 Å². The van der Waals surface area contributed by atoms with Crippen LogP contribution in [0, 0.1) is 51.7 Å². The van der Waals surface area contributed by atoms with Crippen LogP contribution in [0.15, 0.2) is 42.5 Å². The van der Waals surface area contributed by atoms with E-state index in [2.05, 4.69) is 64.7 Å². The minimum Gasteiger partial charge on any atom is 0 e. The smallest absolute Gasteiger partial charge is 0 e. The van der Waals surface area contributed by atoms with E-state index in [1.54, 1.807) is 12.1 Å². The maximum Gasteiger partial charge on any atom is 0 e. The van der Waals surface area contributed by atoms with Gasteiger partial charge in [-0.15, -0.1) is 0 Å². The van der Waals surface area contributed by atoms with Crippen molar-refractivity contribution in [3.8, 4) is 11.8 Å². The van der Waals surface area contributed by atoms with Crippen LogP contribution in [0.5, 0.6) is 0 Å². The quantitative estimate of drug-likeness (QED) is 0.163. The van der Waals surface area contributed by atoms with Gasteiger partial charge in [0.25, 0.3) is 0 Å². The van der Waals surface area contributed by atoms with Gasteiger partial charge in [-0.1, -0.05) is 55.9 Å². The van der Waals surface area contributed by atoms with Crippen molar-refractivity contribution in [1.82, 2.24) is 0 Å². The van der Waals surface area contributed by atoms with Crippen LogP contribution in [0.2, 0.25) is 0 Å². The van der Waals surface area contributed by atoms with E-state index < -0.39 is 0 Å². The second kappa shape index (κ2) is 69.8. The number of benzene rings is 1. The molecule has 2 radical (unpaired) electrons. The molecule has 0 unspecified atom stereocenters. The van der Waals surface area contributed by atoms with Crippen LogP contribution < -0.4 is 0 Å². The first-order valence-corrected chi connectivity index (χ1v) is 8.42. The molecular formula is C24H22Co2O8. The average Bonchev–Trinajstić information content (AvgIpc) is 2.92. The van der Waals surface area contributed by atoms with Gasteiger partial charge < -0.3 is 4.74 Å². The number of carbonyl (C=O) groups excluding carboxylic acids is 1. The molecule has 0 fully saturated rings. The van der Waals surface area contributed by atoms with E-state index >= 15 is 0 Å². The van der Waals surface area contributed by atoms with E-state index in [1.165, 1.54) is 12.8 Å². The summed E-state index contributed by atoms with van der Waals surface area (Å²) in [6, 6.07) is 9.03. The molecule has 0 aromatic heterocycles. The molecule has 0 aliphatic heterocycles. The van der Waals surface area contributed by atoms with Gasteiger partial charge in [-0.25, -0.2) is 4.79 Å². The van der Waals surface area contributed by atoms with Crippen LogP contribution in [0.4, 0.5) is 0 Å². The molecule has 10 heteroatoms. The summed E-state index contributed by atoms with van der Waals surface area (Å²) in [7, 11) is 0. The molecular weight excluding hydrogens is 534 g/mol. The largest absolute Gasteiger partial charge is 0 e. The predicted molar refractivity (Wildman–Crippen MR) is 106 cm³/mol. The maximum absolute atomic E-state index is 11.6. The number of rotatable bonds is 7. The van der Waals surface area contributed by atoms with E-state index in [-0.39, 0.29) is 39.5 Å². The third-order valence-corrected chi connectivity index (χ3v) is 2.72. The number of esters is 1. The Morgan fingerprint density at radius 1 is 0.853 bits per heavy atom. The van der Waals surface area contributed by atoms with Crippen LogP contribution in [-0.4, -0.2) is 12.6 Å². The predicted octanol–water partition coefficient (Wildman–Crippen LogP) is 4.14. The summed E-state index contributed by atoms with van der Waals surface area (Å²) in [4.78, 5) is 11.6. The van der Waals surface area contributed by atoms with Crippen molar-refractivity contribution in [3.63, 3.8) is 0 Å². The van der Waals surface area contributed by atoms with Crippen molar-refractivity contribution in [3.05, 3.63) is 87.9 Å². The normalized spacial score (nSPS) is 6.26. The van der Waals surface area contributed by atoms with Gasteiger partial charge in [0.15, 0.2) is 0 Å². The SMILES string of the molecule is CCCC/C=C/C#CCCCOC(=O)c1ccccc1.[C-]#[O+].[C-]#[O+].[C-]#[O+].[C-]#[O+].[C-]#[O+].[C-]#[O+].[Co].[Co]. The summed E-state index contributed by atoms with van der Waals surface area (Å²) >= 11 is 0. The third kappa shape index (κ3) is 51.8. The fourth-order valence-corrected chi connectivity index (χ4v) is 1.58. The number of carbonyl (C=O) groups is 1. The van der Waals surface area contributed by atoms with Gasteiger partial charge in [0.05, 0.1) is 12.2 Å². The Bertz CT molecular complexity index is 675. The van der Waals surface area contributed by atoms with Crippen molar-refractivity contribution in [1.29, 1.82) is 0 Å². The Morgan fingerprint density at radius 2 is 1.32 bits per heavy atom. The van der Waals surface area contributed by atoms with Crippen LogP contribution in [0.3, 0.4) is 0 Å². The topological polar surface area (TPSA) is 146 Å². The van der Waals surface area contributed by atoms with Gasteiger partial charge in [-0.05, 0) is 31.1 Å². The Kier molecular flexibility index (Phi) is 109. The molecule has 0 amide bonds. The molecule has 1 aromatic carbocycles. The molecule has 0 aliphatic rings. The van der Waals surface area contributed by atoms with Crippen LogP contribution >= 0.6 is 0 Å². The fraction of sp³-hybridized carbons (Fsp3) is 0.292. The molecule has 0 atom stereocenters. The van der Waals surface area contributed by atoms with Crippen LogP contribution in [0.25, 0.3) is 0 Å². The molecule has 34 heavy (non-hydrogen) atoms. The van der Waals surface area contributed by atoms with Gasteiger partial charge in [0.2, 0.25) is 0 Å². The summed E-state index contributed by atoms with van der Waals surface area (Å²) in [5.74, 6) is 5.78. The first kappa shape index (κ1) is 53.0. The molecule has 8 nitrogen and oxygen atoms in total. The van der Waals surface area contributed by atoms with E-state index in [0.29, 0.717) is 12.2 Å². The molecule has 0 aliphatic carbocycles. The molecule has 1 rings (SSSR count). The number of hydrogen-bond acceptors (Lipinski definition) is 2. The zero-order valence-corrected chi connectivity index (χ0v) is 20.3. The molecule has 0 saturated heterocycles. The summed E-state index contributed by atoms with van der Waals surface area (Å²) in [6.45, 7) is 29.6. The van der Waals surface area contributed by atoms with Gasteiger partial charge in [0, 0.05) is 40.0 Å². The molecule has 0 spiro atoms. The van der Waals surface area contributed by atoms with Gasteiger partial charge in [-0.2, -0.15) is 0 Å². The molecule has 0 N–H and O–H groups in total. The first-order chi connectivity index (χ1) is 15.8. The second-order valence-electron chi connectivity index (χ2n) is 4.47. The molecule has 184 valence electrons. The number of allylic oxidation sites excluding steroid dienone is 2. The summed E-state index contributed by atoms with van der Waals surface area (Å²) < 4.78 is 50.2.